The van der Waals surface area contributed by atoms with Crippen LogP contribution < -0.4 is 0 Å². The minimum absolute atomic E-state index is 0.288. The van der Waals surface area contributed by atoms with Gasteiger partial charge in [0.2, 0.25) is 0 Å². The first-order valence-corrected chi connectivity index (χ1v) is 6.22. The minimum atomic E-state index is -0.916. The lowest BCUT2D eigenvalue weighted by Gasteiger charge is -2.04. The van der Waals surface area contributed by atoms with Gasteiger partial charge in [-0.3, -0.25) is 0 Å². The molecule has 0 aliphatic carbocycles. The number of rotatable bonds is 3. The first-order valence-electron chi connectivity index (χ1n) is 6.22. The average molecular weight is 264 g/mol. The molecule has 3 nitrogen and oxygen atoms in total. The van der Waals surface area contributed by atoms with Gasteiger partial charge in [-0.15, -0.1) is 0 Å². The summed E-state index contributed by atoms with van der Waals surface area (Å²) in [5.74, 6) is -0.102. The Balaban J connectivity index is 1.98. The Bertz CT molecular complexity index is 725. The summed E-state index contributed by atoms with van der Waals surface area (Å²) in [6.45, 7) is 0. The number of carboxylic acid groups (broad SMARTS) is 1. The van der Waals surface area contributed by atoms with Crippen LogP contribution in [0.2, 0.25) is 0 Å². The lowest BCUT2D eigenvalue weighted by molar-refractivity contribution is 0.0697. The van der Waals surface area contributed by atoms with Gasteiger partial charge in [0, 0.05) is 5.56 Å². The molecule has 1 heterocycles. The van der Waals surface area contributed by atoms with Crippen LogP contribution in [0.4, 0.5) is 0 Å². The number of carbonyl (C=O) groups is 1. The van der Waals surface area contributed by atoms with Crippen molar-refractivity contribution in [3.05, 3.63) is 72.5 Å². The predicted molar refractivity (Wildman–Crippen MR) is 76.5 cm³/mol. The molecule has 98 valence electrons. The second-order valence-corrected chi connectivity index (χ2v) is 4.44. The van der Waals surface area contributed by atoms with Gasteiger partial charge in [0.05, 0.1) is 11.8 Å². The number of hydrogen-bond donors (Lipinski definition) is 1. The lowest BCUT2D eigenvalue weighted by atomic mass is 10.0. The summed E-state index contributed by atoms with van der Waals surface area (Å²) in [5.41, 5.74) is 3.28. The van der Waals surface area contributed by atoms with Gasteiger partial charge in [0.1, 0.15) is 5.76 Å². The van der Waals surface area contributed by atoms with Crippen molar-refractivity contribution in [1.82, 2.24) is 0 Å². The van der Waals surface area contributed by atoms with Crippen LogP contribution in [0.3, 0.4) is 0 Å². The number of aromatic carboxylic acids is 1. The highest BCUT2D eigenvalue weighted by atomic mass is 16.4. The SMILES string of the molecule is O=C(O)c1ccc(-c2cccc(-c3ccco3)c2)cc1. The maximum atomic E-state index is 10.8. The van der Waals surface area contributed by atoms with Crippen molar-refractivity contribution in [2.24, 2.45) is 0 Å². The Morgan fingerprint density at radius 3 is 2.25 bits per heavy atom. The Morgan fingerprint density at radius 1 is 0.850 bits per heavy atom. The molecule has 0 bridgehead atoms. The molecule has 0 aliphatic heterocycles. The summed E-state index contributed by atoms with van der Waals surface area (Å²) in [6, 6.07) is 18.5. The maximum absolute atomic E-state index is 10.8. The van der Waals surface area contributed by atoms with Crippen LogP contribution in [-0.4, -0.2) is 11.1 Å². The summed E-state index contributed by atoms with van der Waals surface area (Å²) in [7, 11) is 0. The molecule has 2 aromatic carbocycles. The largest absolute Gasteiger partial charge is 0.478 e. The first kappa shape index (κ1) is 12.2. The van der Waals surface area contributed by atoms with Crippen LogP contribution in [0.1, 0.15) is 10.4 Å². The zero-order valence-corrected chi connectivity index (χ0v) is 10.6. The highest BCUT2D eigenvalue weighted by molar-refractivity contribution is 5.88. The van der Waals surface area contributed by atoms with Crippen LogP contribution in [0, 0.1) is 0 Å². The lowest BCUT2D eigenvalue weighted by Crippen LogP contribution is -1.94. The van der Waals surface area contributed by atoms with E-state index in [2.05, 4.69) is 0 Å². The molecule has 3 rings (SSSR count). The fourth-order valence-corrected chi connectivity index (χ4v) is 2.10. The molecule has 0 spiro atoms. The van der Waals surface area contributed by atoms with Gasteiger partial charge in [-0.05, 0) is 41.5 Å². The van der Waals surface area contributed by atoms with Gasteiger partial charge >= 0.3 is 5.97 Å². The van der Waals surface area contributed by atoms with E-state index in [0.717, 1.165) is 22.5 Å². The molecule has 1 N–H and O–H groups in total. The van der Waals surface area contributed by atoms with E-state index in [1.165, 1.54) is 0 Å². The normalized spacial score (nSPS) is 10.4. The van der Waals surface area contributed by atoms with Crippen molar-refractivity contribution in [2.75, 3.05) is 0 Å². The fraction of sp³-hybridized carbons (Fsp3) is 0. The van der Waals surface area contributed by atoms with E-state index in [4.69, 9.17) is 9.52 Å². The number of hydrogen-bond acceptors (Lipinski definition) is 2. The van der Waals surface area contributed by atoms with Gasteiger partial charge in [0.25, 0.3) is 0 Å². The number of furan rings is 1. The van der Waals surface area contributed by atoms with Crippen molar-refractivity contribution < 1.29 is 14.3 Å². The van der Waals surface area contributed by atoms with Crippen molar-refractivity contribution in [3.8, 4) is 22.5 Å². The molecule has 20 heavy (non-hydrogen) atoms. The zero-order valence-electron chi connectivity index (χ0n) is 10.6. The second-order valence-electron chi connectivity index (χ2n) is 4.44. The monoisotopic (exact) mass is 264 g/mol. The molecule has 3 aromatic rings. The molecule has 0 aliphatic rings. The van der Waals surface area contributed by atoms with Crippen molar-refractivity contribution >= 4 is 5.97 Å². The van der Waals surface area contributed by atoms with Crippen LogP contribution >= 0.6 is 0 Å². The first-order chi connectivity index (χ1) is 9.74. The van der Waals surface area contributed by atoms with Gasteiger partial charge < -0.3 is 9.52 Å². The highest BCUT2D eigenvalue weighted by Crippen LogP contribution is 2.26. The highest BCUT2D eigenvalue weighted by Gasteiger charge is 2.05. The van der Waals surface area contributed by atoms with E-state index in [1.807, 2.05) is 48.5 Å². The van der Waals surface area contributed by atoms with Crippen molar-refractivity contribution in [2.45, 2.75) is 0 Å². The third kappa shape index (κ3) is 2.34. The van der Waals surface area contributed by atoms with E-state index in [9.17, 15) is 4.79 Å². The Morgan fingerprint density at radius 2 is 1.60 bits per heavy atom. The third-order valence-corrected chi connectivity index (χ3v) is 3.13. The molecule has 0 fully saturated rings. The summed E-state index contributed by atoms with van der Waals surface area (Å²) >= 11 is 0. The summed E-state index contributed by atoms with van der Waals surface area (Å²) in [5, 5.41) is 8.90. The van der Waals surface area contributed by atoms with E-state index in [-0.39, 0.29) is 5.56 Å². The second kappa shape index (κ2) is 5.05. The average Bonchev–Trinajstić information content (AvgIpc) is 3.02. The van der Waals surface area contributed by atoms with Gasteiger partial charge in [0.15, 0.2) is 0 Å². The maximum Gasteiger partial charge on any atom is 0.335 e. The van der Waals surface area contributed by atoms with Gasteiger partial charge in [-0.1, -0.05) is 30.3 Å². The molecular weight excluding hydrogens is 252 g/mol. The molecule has 0 radical (unpaired) electrons. The number of benzene rings is 2. The molecule has 0 unspecified atom stereocenters. The van der Waals surface area contributed by atoms with Gasteiger partial charge in [-0.25, -0.2) is 4.79 Å². The molecular formula is C17H12O3. The standard InChI is InChI=1S/C17H12O3/c18-17(19)13-8-6-12(7-9-13)14-3-1-4-15(11-14)16-5-2-10-20-16/h1-11H,(H,18,19). The Hall–Kier alpha value is -2.81. The predicted octanol–water partition coefficient (Wildman–Crippen LogP) is 4.31. The van der Waals surface area contributed by atoms with Crippen LogP contribution in [-0.2, 0) is 0 Å². The van der Waals surface area contributed by atoms with E-state index >= 15 is 0 Å². The topological polar surface area (TPSA) is 50.4 Å². The quantitative estimate of drug-likeness (QED) is 0.766. The molecule has 0 saturated carbocycles. The molecule has 0 atom stereocenters. The van der Waals surface area contributed by atoms with Crippen LogP contribution in [0.15, 0.2) is 71.3 Å². The smallest absolute Gasteiger partial charge is 0.335 e. The summed E-state index contributed by atoms with van der Waals surface area (Å²) in [6.07, 6.45) is 1.64. The van der Waals surface area contributed by atoms with Crippen molar-refractivity contribution in [3.63, 3.8) is 0 Å². The Kier molecular flexibility index (Phi) is 3.09. The van der Waals surface area contributed by atoms with Crippen molar-refractivity contribution in [1.29, 1.82) is 0 Å². The Labute approximate surface area is 116 Å². The third-order valence-electron chi connectivity index (χ3n) is 3.13. The zero-order chi connectivity index (χ0) is 13.9. The summed E-state index contributed by atoms with van der Waals surface area (Å²) < 4.78 is 5.38. The van der Waals surface area contributed by atoms with Crippen LogP contribution in [0.5, 0.6) is 0 Å². The number of carboxylic acids is 1. The van der Waals surface area contributed by atoms with E-state index in [1.54, 1.807) is 18.4 Å². The molecule has 0 saturated heterocycles. The van der Waals surface area contributed by atoms with E-state index in [0.29, 0.717) is 0 Å². The molecule has 3 heteroatoms. The summed E-state index contributed by atoms with van der Waals surface area (Å²) in [4.78, 5) is 10.8. The van der Waals surface area contributed by atoms with Crippen LogP contribution in [0.25, 0.3) is 22.5 Å². The fourth-order valence-electron chi connectivity index (χ4n) is 2.10. The molecule has 1 aromatic heterocycles. The molecule has 0 amide bonds. The van der Waals surface area contributed by atoms with Gasteiger partial charge in [-0.2, -0.15) is 0 Å². The van der Waals surface area contributed by atoms with E-state index < -0.39 is 5.97 Å². The minimum Gasteiger partial charge on any atom is -0.478 e.